The number of thiazole rings is 1. The van der Waals surface area contributed by atoms with Crippen LogP contribution < -0.4 is 29.0 Å². The Labute approximate surface area is 172 Å². The van der Waals surface area contributed by atoms with Crippen LogP contribution in [0, 0.1) is 24.1 Å². The van der Waals surface area contributed by atoms with Gasteiger partial charge in [-0.15, -0.1) is 10.2 Å². The molecule has 4 aromatic rings. The molecule has 4 rings (SSSR count). The quantitative estimate of drug-likeness (QED) is 0.442. The number of H-pyrrole nitrogens is 1. The first-order valence-electron chi connectivity index (χ1n) is 8.42. The van der Waals surface area contributed by atoms with Crippen molar-refractivity contribution in [2.24, 2.45) is 4.99 Å². The maximum atomic E-state index is 8.49. The molecule has 1 N–H and O–H groups in total. The molecule has 0 aliphatic rings. The van der Waals surface area contributed by atoms with Gasteiger partial charge in [-0.25, -0.2) is 23.6 Å². The number of halogens is 1. The van der Waals surface area contributed by atoms with Crippen molar-refractivity contribution in [1.29, 1.82) is 0 Å². The number of aryl methyl sites for hydroxylation is 2. The number of hydrogen-bond donors (Lipinski definition) is 0. The first kappa shape index (κ1) is 21.1. The highest BCUT2D eigenvalue weighted by molar-refractivity contribution is 7.12. The van der Waals surface area contributed by atoms with Crippen LogP contribution >= 0.6 is 11.3 Å². The van der Waals surface area contributed by atoms with E-state index >= 15 is 0 Å². The van der Waals surface area contributed by atoms with E-state index in [9.17, 15) is 0 Å². The summed E-state index contributed by atoms with van der Waals surface area (Å²) in [5.41, 5.74) is 4.31. The molecule has 0 atom stereocenters. The van der Waals surface area contributed by atoms with Crippen LogP contribution in [0.5, 0.6) is 0 Å². The lowest BCUT2D eigenvalue weighted by atomic mass is 10.1. The summed E-state index contributed by atoms with van der Waals surface area (Å²) in [6.07, 6.45) is 1.89. The van der Waals surface area contributed by atoms with Crippen LogP contribution in [0.1, 0.15) is 11.1 Å². The Kier molecular flexibility index (Phi) is 6.43. The minimum absolute atomic E-state index is 0.821. The molecular formula is C20H17ClN2O5S. The van der Waals surface area contributed by atoms with E-state index in [1.165, 1.54) is 11.1 Å². The van der Waals surface area contributed by atoms with Gasteiger partial charge >= 0.3 is 5.13 Å². The Morgan fingerprint density at radius 3 is 2.21 bits per heavy atom. The fourth-order valence-electron chi connectivity index (χ4n) is 2.64. The second-order valence-electron chi connectivity index (χ2n) is 6.22. The van der Waals surface area contributed by atoms with E-state index in [4.69, 9.17) is 28.0 Å². The van der Waals surface area contributed by atoms with Crippen LogP contribution in [0.4, 0.5) is 5.13 Å². The maximum absolute atomic E-state index is 8.49. The van der Waals surface area contributed by atoms with Gasteiger partial charge < -0.3 is 4.42 Å². The van der Waals surface area contributed by atoms with Crippen LogP contribution in [0.2, 0.25) is 0 Å². The molecule has 0 bridgehead atoms. The van der Waals surface area contributed by atoms with Crippen LogP contribution in [0.15, 0.2) is 69.5 Å². The van der Waals surface area contributed by atoms with Crippen molar-refractivity contribution in [3.05, 3.63) is 76.6 Å². The van der Waals surface area contributed by atoms with E-state index < -0.39 is 10.2 Å². The second kappa shape index (κ2) is 8.83. The lowest BCUT2D eigenvalue weighted by molar-refractivity contribution is -2.00. The van der Waals surface area contributed by atoms with Crippen LogP contribution in [0.3, 0.4) is 0 Å². The number of hydrogen-bond acceptors (Lipinski definition) is 7. The highest BCUT2D eigenvalue weighted by atomic mass is 35.7. The summed E-state index contributed by atoms with van der Waals surface area (Å²) in [5, 5.41) is 4.79. The molecule has 2 aromatic heterocycles. The smallest absolute Gasteiger partial charge is 0.380 e. The van der Waals surface area contributed by atoms with Gasteiger partial charge in [-0.1, -0.05) is 52.8 Å². The first-order chi connectivity index (χ1) is 13.7. The summed E-state index contributed by atoms with van der Waals surface area (Å²) in [4.78, 5) is 7.93. The predicted octanol–water partition coefficient (Wildman–Crippen LogP) is 0.0686. The van der Waals surface area contributed by atoms with Crippen molar-refractivity contribution in [3.63, 3.8) is 0 Å². The fraction of sp³-hybridized carbons (Fsp3) is 0.100. The number of fused-ring (bicyclic) bond motifs is 1. The molecule has 0 aliphatic heterocycles. The zero-order chi connectivity index (χ0) is 21.0. The van der Waals surface area contributed by atoms with E-state index in [0.29, 0.717) is 0 Å². The van der Waals surface area contributed by atoms with Crippen molar-refractivity contribution in [3.8, 4) is 11.3 Å². The molecule has 0 fully saturated rings. The Morgan fingerprint density at radius 1 is 0.931 bits per heavy atom. The van der Waals surface area contributed by atoms with Crippen molar-refractivity contribution in [2.75, 3.05) is 0 Å². The van der Waals surface area contributed by atoms with Crippen LogP contribution in [-0.4, -0.2) is 0 Å². The summed E-state index contributed by atoms with van der Waals surface area (Å²) in [5.74, 6) is 0.821. The topological polar surface area (TPSA) is 132 Å². The Hall–Kier alpha value is -2.59. The molecule has 0 saturated heterocycles. The third kappa shape index (κ3) is 6.20. The minimum atomic E-state index is -4.94. The molecular weight excluding hydrogens is 416 g/mol. The third-order valence-corrected chi connectivity index (χ3v) is 4.62. The second-order valence-corrected chi connectivity index (χ2v) is 7.87. The molecule has 0 spiro atoms. The maximum Gasteiger partial charge on any atom is 0.380 e. The molecule has 7 nitrogen and oxygen atoms in total. The van der Waals surface area contributed by atoms with Crippen LogP contribution in [0.25, 0.3) is 22.3 Å². The van der Waals surface area contributed by atoms with Gasteiger partial charge in [-0.05, 0) is 31.0 Å². The van der Waals surface area contributed by atoms with E-state index in [2.05, 4.69) is 55.2 Å². The summed E-state index contributed by atoms with van der Waals surface area (Å²) in [7, 11) is -4.94. The number of aromatic nitrogens is 1. The van der Waals surface area contributed by atoms with Gasteiger partial charge in [0, 0.05) is 17.0 Å². The lowest BCUT2D eigenvalue weighted by Gasteiger charge is -2.17. The summed E-state index contributed by atoms with van der Waals surface area (Å²) in [6.45, 7) is 4.16. The number of benzene rings is 2. The minimum Gasteiger partial charge on any atom is -0.456 e. The van der Waals surface area contributed by atoms with Gasteiger partial charge in [-0.3, -0.25) is 0 Å². The van der Waals surface area contributed by atoms with Gasteiger partial charge in [0.15, 0.2) is 5.36 Å². The molecule has 29 heavy (non-hydrogen) atoms. The summed E-state index contributed by atoms with van der Waals surface area (Å²) >= 11 is 1.58. The lowest BCUT2D eigenvalue weighted by Crippen LogP contribution is -2.68. The van der Waals surface area contributed by atoms with E-state index in [-0.39, 0.29) is 0 Å². The predicted molar refractivity (Wildman–Crippen MR) is 97.2 cm³/mol. The molecule has 0 unspecified atom stereocenters. The molecule has 2 heterocycles. The highest BCUT2D eigenvalue weighted by Crippen LogP contribution is 2.23. The van der Waals surface area contributed by atoms with E-state index in [0.717, 1.165) is 32.8 Å². The van der Waals surface area contributed by atoms with Gasteiger partial charge in [-0.2, -0.15) is 0 Å². The molecule has 150 valence electrons. The van der Waals surface area contributed by atoms with Crippen molar-refractivity contribution < 1.29 is 38.3 Å². The summed E-state index contributed by atoms with van der Waals surface area (Å²) < 4.78 is 40.1. The number of nitrogens with zero attached hydrogens (tertiary/aromatic N) is 1. The average molecular weight is 433 g/mol. The van der Waals surface area contributed by atoms with Crippen molar-refractivity contribution in [2.45, 2.75) is 13.8 Å². The molecule has 0 radical (unpaired) electrons. The Bertz CT molecular complexity index is 1160. The van der Waals surface area contributed by atoms with Gasteiger partial charge in [0.1, 0.15) is 11.3 Å². The number of aromatic amines is 1. The van der Waals surface area contributed by atoms with E-state index in [1.54, 1.807) is 11.3 Å². The Balaban J connectivity index is 0.000000431. The number of rotatable bonds is 2. The number of nitrogens with one attached hydrogen (secondary N) is 1. The normalized spacial score (nSPS) is 12.0. The average Bonchev–Trinajstić information content (AvgIpc) is 3.14. The molecule has 0 saturated carbocycles. The first-order valence-corrected chi connectivity index (χ1v) is 10.5. The molecule has 0 aliphatic carbocycles. The van der Waals surface area contributed by atoms with E-state index in [1.807, 2.05) is 23.7 Å². The highest BCUT2D eigenvalue weighted by Gasteiger charge is 2.10. The largest absolute Gasteiger partial charge is 0.456 e. The fourth-order valence-corrected chi connectivity index (χ4v) is 3.19. The third-order valence-electron chi connectivity index (χ3n) is 3.91. The Morgan fingerprint density at radius 2 is 1.59 bits per heavy atom. The summed E-state index contributed by atoms with van der Waals surface area (Å²) in [6, 6.07) is 16.5. The standard InChI is InChI=1S/C20H16N2OS.ClHO4/c1-13-3-6-15(7-4-13)19-12-17(22-20-21-9-10-24-20)16-11-14(2)5-8-18(16)23-19;2-1(3,4)5/h3-12H,1-2H3;(H,2,3,4,5)/b22-17+;. The van der Waals surface area contributed by atoms with Gasteiger partial charge in [0.05, 0.1) is 11.6 Å². The SMILES string of the molecule is Cc1ccc(-c2c/c(=N\c3[nH+]ccs3)c3cc(C)ccc3o2)cc1.[O-][Cl+3]([O-])([O-])[O-]. The van der Waals surface area contributed by atoms with Gasteiger partial charge in [0.2, 0.25) is 0 Å². The zero-order valence-electron chi connectivity index (χ0n) is 15.5. The van der Waals surface area contributed by atoms with Gasteiger partial charge in [0.25, 0.3) is 0 Å². The molecule has 2 aromatic carbocycles. The molecule has 0 amide bonds. The monoisotopic (exact) mass is 432 g/mol. The van der Waals surface area contributed by atoms with Crippen LogP contribution in [-0.2, 0) is 0 Å². The van der Waals surface area contributed by atoms with Crippen molar-refractivity contribution >= 4 is 27.4 Å². The zero-order valence-corrected chi connectivity index (χ0v) is 17.1. The molecule has 9 heteroatoms. The van der Waals surface area contributed by atoms with Crippen molar-refractivity contribution in [1.82, 2.24) is 0 Å².